The van der Waals surface area contributed by atoms with E-state index in [1.54, 1.807) is 31.3 Å². The number of hydrogen-bond acceptors (Lipinski definition) is 3. The van der Waals surface area contributed by atoms with Gasteiger partial charge in [0, 0.05) is 19.0 Å². The van der Waals surface area contributed by atoms with Gasteiger partial charge >= 0.3 is 0 Å². The Morgan fingerprint density at radius 3 is 1.92 bits per heavy atom. The van der Waals surface area contributed by atoms with Crippen molar-refractivity contribution in [2.45, 2.75) is 4.90 Å². The first-order valence-electron chi connectivity index (χ1n) is 3.52. The fourth-order valence-electron chi connectivity index (χ4n) is 0.869. The van der Waals surface area contributed by atoms with Crippen LogP contribution in [-0.4, -0.2) is 21.7 Å². The molecule has 0 aromatic heterocycles. The third-order valence-electron chi connectivity index (χ3n) is 1.57. The zero-order chi connectivity index (χ0) is 9.19. The Morgan fingerprint density at radius 2 is 1.62 bits per heavy atom. The third kappa shape index (κ3) is 3.24. The van der Waals surface area contributed by atoms with E-state index >= 15 is 0 Å². The van der Waals surface area contributed by atoms with Gasteiger partial charge in [-0.15, -0.1) is 12.4 Å². The highest BCUT2D eigenvalue weighted by molar-refractivity contribution is 7.90. The van der Waals surface area contributed by atoms with Crippen LogP contribution in [0.4, 0.5) is 5.69 Å². The Labute approximate surface area is 84.5 Å². The van der Waals surface area contributed by atoms with E-state index in [0.717, 1.165) is 5.69 Å². The molecule has 0 amide bonds. The van der Waals surface area contributed by atoms with E-state index in [1.165, 1.54) is 6.26 Å². The standard InChI is InChI=1S/C8H11NO2S.ClH/c1-9-7-3-5-8(6-4-7)12(2,10)11;/h3-6,9H,1-2H3;1H. The lowest BCUT2D eigenvalue weighted by molar-refractivity contribution is 0.602. The van der Waals surface area contributed by atoms with E-state index in [-0.39, 0.29) is 12.4 Å². The zero-order valence-corrected chi connectivity index (χ0v) is 9.08. The molecule has 0 aliphatic carbocycles. The Morgan fingerprint density at radius 1 is 1.15 bits per heavy atom. The molecule has 0 heterocycles. The Balaban J connectivity index is 0.00000144. The van der Waals surface area contributed by atoms with Gasteiger partial charge in [0.15, 0.2) is 9.84 Å². The van der Waals surface area contributed by atoms with E-state index in [4.69, 9.17) is 0 Å². The summed E-state index contributed by atoms with van der Waals surface area (Å²) in [6.07, 6.45) is 1.20. The van der Waals surface area contributed by atoms with Crippen molar-refractivity contribution in [2.75, 3.05) is 18.6 Å². The minimum absolute atomic E-state index is 0. The van der Waals surface area contributed by atoms with E-state index in [1.807, 2.05) is 0 Å². The summed E-state index contributed by atoms with van der Waals surface area (Å²) >= 11 is 0. The van der Waals surface area contributed by atoms with Crippen molar-refractivity contribution in [2.24, 2.45) is 0 Å². The summed E-state index contributed by atoms with van der Waals surface area (Å²) in [6, 6.07) is 6.63. The highest BCUT2D eigenvalue weighted by atomic mass is 35.5. The van der Waals surface area contributed by atoms with Crippen LogP contribution in [0.2, 0.25) is 0 Å². The molecule has 1 N–H and O–H groups in total. The van der Waals surface area contributed by atoms with Gasteiger partial charge in [0.25, 0.3) is 0 Å². The molecule has 0 radical (unpaired) electrons. The highest BCUT2D eigenvalue weighted by Crippen LogP contribution is 2.12. The predicted molar refractivity (Wildman–Crippen MR) is 56.3 cm³/mol. The van der Waals surface area contributed by atoms with Gasteiger partial charge in [-0.25, -0.2) is 8.42 Å². The van der Waals surface area contributed by atoms with Crippen molar-refractivity contribution in [1.29, 1.82) is 0 Å². The Bertz CT molecular complexity index is 358. The van der Waals surface area contributed by atoms with Gasteiger partial charge in [0.2, 0.25) is 0 Å². The van der Waals surface area contributed by atoms with E-state index in [9.17, 15) is 8.42 Å². The fourth-order valence-corrected chi connectivity index (χ4v) is 1.50. The molecule has 1 rings (SSSR count). The lowest BCUT2D eigenvalue weighted by Gasteiger charge is -2.00. The molecule has 0 bridgehead atoms. The summed E-state index contributed by atoms with van der Waals surface area (Å²) in [5.41, 5.74) is 0.905. The van der Waals surface area contributed by atoms with Gasteiger partial charge < -0.3 is 5.32 Å². The lowest BCUT2D eigenvalue weighted by atomic mass is 10.3. The first-order chi connectivity index (χ1) is 5.54. The second kappa shape index (κ2) is 4.48. The van der Waals surface area contributed by atoms with Crippen LogP contribution in [0.5, 0.6) is 0 Å². The van der Waals surface area contributed by atoms with Gasteiger partial charge in [0.05, 0.1) is 4.90 Å². The molecule has 0 atom stereocenters. The van der Waals surface area contributed by atoms with Gasteiger partial charge in [-0.05, 0) is 24.3 Å². The number of anilines is 1. The second-order valence-electron chi connectivity index (χ2n) is 2.55. The molecule has 5 heteroatoms. The van der Waals surface area contributed by atoms with Crippen LogP contribution < -0.4 is 5.32 Å². The third-order valence-corrected chi connectivity index (χ3v) is 2.70. The topological polar surface area (TPSA) is 46.2 Å². The monoisotopic (exact) mass is 221 g/mol. The molecule has 0 fully saturated rings. The summed E-state index contributed by atoms with van der Waals surface area (Å²) in [5, 5.41) is 2.91. The van der Waals surface area contributed by atoms with E-state index in [0.29, 0.717) is 4.90 Å². The van der Waals surface area contributed by atoms with Crippen LogP contribution in [0.1, 0.15) is 0 Å². The average molecular weight is 222 g/mol. The molecular weight excluding hydrogens is 210 g/mol. The van der Waals surface area contributed by atoms with Crippen molar-refractivity contribution < 1.29 is 8.42 Å². The maximum atomic E-state index is 11.0. The minimum atomic E-state index is -3.06. The van der Waals surface area contributed by atoms with Crippen LogP contribution in [0.3, 0.4) is 0 Å². The van der Waals surface area contributed by atoms with Gasteiger partial charge in [-0.3, -0.25) is 0 Å². The minimum Gasteiger partial charge on any atom is -0.388 e. The smallest absolute Gasteiger partial charge is 0.175 e. The molecule has 0 saturated heterocycles. The Hall–Kier alpha value is -0.740. The largest absolute Gasteiger partial charge is 0.388 e. The number of nitrogens with one attached hydrogen (secondary N) is 1. The molecule has 0 aliphatic rings. The molecule has 74 valence electrons. The van der Waals surface area contributed by atoms with Gasteiger partial charge in [-0.2, -0.15) is 0 Å². The van der Waals surface area contributed by atoms with Crippen LogP contribution in [0.15, 0.2) is 29.2 Å². The van der Waals surface area contributed by atoms with Crippen molar-refractivity contribution in [3.8, 4) is 0 Å². The number of halogens is 1. The molecule has 0 spiro atoms. The van der Waals surface area contributed by atoms with Crippen LogP contribution in [0.25, 0.3) is 0 Å². The van der Waals surface area contributed by atoms with Crippen molar-refractivity contribution >= 4 is 27.9 Å². The van der Waals surface area contributed by atoms with E-state index < -0.39 is 9.84 Å². The molecular formula is C8H12ClNO2S. The molecule has 0 saturated carbocycles. The number of sulfone groups is 1. The summed E-state index contributed by atoms with van der Waals surface area (Å²) < 4.78 is 22.0. The summed E-state index contributed by atoms with van der Waals surface area (Å²) in [7, 11) is -1.27. The molecule has 0 unspecified atom stereocenters. The maximum absolute atomic E-state index is 11.0. The van der Waals surface area contributed by atoms with Crippen molar-refractivity contribution in [1.82, 2.24) is 0 Å². The first kappa shape index (κ1) is 12.3. The SMILES string of the molecule is CNc1ccc(S(C)(=O)=O)cc1.Cl. The molecule has 0 aliphatic heterocycles. The number of benzene rings is 1. The van der Waals surface area contributed by atoms with Gasteiger partial charge in [-0.1, -0.05) is 0 Å². The molecule has 1 aromatic carbocycles. The summed E-state index contributed by atoms with van der Waals surface area (Å²) in [5.74, 6) is 0. The molecule has 13 heavy (non-hydrogen) atoms. The van der Waals surface area contributed by atoms with Gasteiger partial charge in [0.1, 0.15) is 0 Å². The summed E-state index contributed by atoms with van der Waals surface area (Å²) in [6.45, 7) is 0. The quantitative estimate of drug-likeness (QED) is 0.825. The van der Waals surface area contributed by atoms with Crippen LogP contribution in [-0.2, 0) is 9.84 Å². The maximum Gasteiger partial charge on any atom is 0.175 e. The highest BCUT2D eigenvalue weighted by Gasteiger charge is 2.04. The van der Waals surface area contributed by atoms with Crippen LogP contribution in [0, 0.1) is 0 Å². The first-order valence-corrected chi connectivity index (χ1v) is 5.41. The Kier molecular flexibility index (Phi) is 4.23. The van der Waals surface area contributed by atoms with Crippen molar-refractivity contribution in [3.63, 3.8) is 0 Å². The molecule has 1 aromatic rings. The average Bonchev–Trinajstić information content (AvgIpc) is 2.03. The predicted octanol–water partition coefficient (Wildman–Crippen LogP) is 1.55. The fraction of sp³-hybridized carbons (Fsp3) is 0.250. The number of hydrogen-bond donors (Lipinski definition) is 1. The molecule has 3 nitrogen and oxygen atoms in total. The summed E-state index contributed by atoms with van der Waals surface area (Å²) in [4.78, 5) is 0.349. The second-order valence-corrected chi connectivity index (χ2v) is 4.56. The lowest BCUT2D eigenvalue weighted by Crippen LogP contribution is -1.96. The van der Waals surface area contributed by atoms with E-state index in [2.05, 4.69) is 5.32 Å². The zero-order valence-electron chi connectivity index (χ0n) is 7.44. The van der Waals surface area contributed by atoms with Crippen molar-refractivity contribution in [3.05, 3.63) is 24.3 Å². The number of rotatable bonds is 2. The normalized spacial score (nSPS) is 10.3. The van der Waals surface area contributed by atoms with Crippen LogP contribution >= 0.6 is 12.4 Å².